The minimum Gasteiger partial charge on any atom is -0.480 e. The molecule has 6 heteroatoms. The summed E-state index contributed by atoms with van der Waals surface area (Å²) in [4.78, 5) is 10.7. The fraction of sp³-hybridized carbons (Fsp3) is 0.889. The molecule has 0 radical (unpaired) electrons. The van der Waals surface area contributed by atoms with E-state index in [1.807, 2.05) is 0 Å². The van der Waals surface area contributed by atoms with Crippen LogP contribution in [0.1, 0.15) is 32.6 Å². The molecule has 1 saturated carbocycles. The van der Waals surface area contributed by atoms with Gasteiger partial charge in [-0.25, -0.2) is 0 Å². The number of hydrogen-bond acceptors (Lipinski definition) is 2. The summed E-state index contributed by atoms with van der Waals surface area (Å²) >= 11 is 0. The van der Waals surface area contributed by atoms with Crippen molar-refractivity contribution in [2.75, 3.05) is 0 Å². The zero-order chi connectivity index (χ0) is 11.7. The van der Waals surface area contributed by atoms with Crippen LogP contribution in [-0.2, 0) is 4.79 Å². The lowest BCUT2D eigenvalue weighted by Crippen LogP contribution is -2.52. The van der Waals surface area contributed by atoms with E-state index in [-0.39, 0.29) is 19.3 Å². The summed E-state index contributed by atoms with van der Waals surface area (Å²) in [6.45, 7) is 1.74. The molecule has 2 N–H and O–H groups in total. The minimum absolute atomic E-state index is 0.0238. The van der Waals surface area contributed by atoms with Crippen LogP contribution in [0.5, 0.6) is 0 Å². The van der Waals surface area contributed by atoms with E-state index in [0.29, 0.717) is 6.42 Å². The molecule has 0 heterocycles. The summed E-state index contributed by atoms with van der Waals surface area (Å²) in [5.41, 5.74) is -1.94. The molecule has 0 bridgehead atoms. The zero-order valence-corrected chi connectivity index (χ0v) is 8.40. The molecular weight excluding hydrogens is 211 g/mol. The van der Waals surface area contributed by atoms with Crippen LogP contribution in [0.25, 0.3) is 0 Å². The Labute approximate surface area is 85.7 Å². The Morgan fingerprint density at radius 3 is 2.33 bits per heavy atom. The van der Waals surface area contributed by atoms with Gasteiger partial charge in [0.1, 0.15) is 11.6 Å². The summed E-state index contributed by atoms with van der Waals surface area (Å²) in [6, 6.07) is -1.10. The van der Waals surface area contributed by atoms with Crippen LogP contribution < -0.4 is 5.32 Å². The molecule has 1 aliphatic carbocycles. The Bertz CT molecular complexity index is 248. The molecule has 0 aliphatic heterocycles. The van der Waals surface area contributed by atoms with Crippen molar-refractivity contribution in [3.8, 4) is 0 Å². The second-order valence-electron chi connectivity index (χ2n) is 3.90. The van der Waals surface area contributed by atoms with Crippen LogP contribution in [0.15, 0.2) is 0 Å². The molecule has 0 amide bonds. The van der Waals surface area contributed by atoms with Crippen molar-refractivity contribution in [1.29, 1.82) is 0 Å². The van der Waals surface area contributed by atoms with Crippen molar-refractivity contribution in [3.05, 3.63) is 0 Å². The molecule has 0 aromatic heterocycles. The largest absolute Gasteiger partial charge is 0.480 e. The first-order valence-electron chi connectivity index (χ1n) is 4.89. The normalized spacial score (nSPS) is 21.1. The lowest BCUT2D eigenvalue weighted by atomic mass is 10.1. The molecule has 15 heavy (non-hydrogen) atoms. The molecular formula is C9H14F3NO2. The monoisotopic (exact) mass is 225 g/mol. The maximum absolute atomic E-state index is 12.5. The van der Waals surface area contributed by atoms with Gasteiger partial charge < -0.3 is 5.11 Å². The van der Waals surface area contributed by atoms with E-state index in [1.165, 1.54) is 0 Å². The van der Waals surface area contributed by atoms with Gasteiger partial charge in [-0.15, -0.1) is 0 Å². The highest BCUT2D eigenvalue weighted by Crippen LogP contribution is 2.49. The molecule has 1 rings (SSSR count). The highest BCUT2D eigenvalue weighted by atomic mass is 19.4. The maximum atomic E-state index is 12.5. The third kappa shape index (κ3) is 2.62. The quantitative estimate of drug-likeness (QED) is 0.751. The summed E-state index contributed by atoms with van der Waals surface area (Å²) in [6.07, 6.45) is -3.65. The van der Waals surface area contributed by atoms with Crippen LogP contribution in [-0.4, -0.2) is 28.8 Å². The van der Waals surface area contributed by atoms with Crippen molar-refractivity contribution in [3.63, 3.8) is 0 Å². The van der Waals surface area contributed by atoms with Crippen LogP contribution >= 0.6 is 0 Å². The van der Waals surface area contributed by atoms with E-state index in [9.17, 15) is 18.0 Å². The SMILES string of the molecule is CCCC(NC1(C(F)(F)F)CC1)C(=O)O. The van der Waals surface area contributed by atoms with E-state index in [1.54, 1.807) is 6.92 Å². The highest BCUT2D eigenvalue weighted by molar-refractivity contribution is 5.73. The zero-order valence-electron chi connectivity index (χ0n) is 8.40. The molecule has 3 nitrogen and oxygen atoms in total. The molecule has 1 unspecified atom stereocenters. The van der Waals surface area contributed by atoms with Gasteiger partial charge >= 0.3 is 12.1 Å². The van der Waals surface area contributed by atoms with E-state index in [2.05, 4.69) is 5.32 Å². The fourth-order valence-corrected chi connectivity index (χ4v) is 1.51. The van der Waals surface area contributed by atoms with E-state index in [0.717, 1.165) is 0 Å². The van der Waals surface area contributed by atoms with Gasteiger partial charge in [-0.3, -0.25) is 10.1 Å². The number of carboxylic acid groups (broad SMARTS) is 1. The Balaban J connectivity index is 2.63. The van der Waals surface area contributed by atoms with Crippen molar-refractivity contribution in [2.24, 2.45) is 0 Å². The van der Waals surface area contributed by atoms with Gasteiger partial charge in [-0.05, 0) is 19.3 Å². The van der Waals surface area contributed by atoms with Crippen LogP contribution in [0.4, 0.5) is 13.2 Å². The summed E-state index contributed by atoms with van der Waals surface area (Å²) in [7, 11) is 0. The van der Waals surface area contributed by atoms with Crippen LogP contribution in [0.2, 0.25) is 0 Å². The first kappa shape index (κ1) is 12.3. The molecule has 1 fully saturated rings. The number of rotatable bonds is 5. The lowest BCUT2D eigenvalue weighted by Gasteiger charge is -2.24. The summed E-state index contributed by atoms with van der Waals surface area (Å²) < 4.78 is 37.5. The smallest absolute Gasteiger partial charge is 0.406 e. The molecule has 88 valence electrons. The molecule has 0 aromatic carbocycles. The Morgan fingerprint density at radius 2 is 2.07 bits per heavy atom. The van der Waals surface area contributed by atoms with E-state index >= 15 is 0 Å². The standard InChI is InChI=1S/C9H14F3NO2/c1-2-3-6(7(14)15)13-8(4-5-8)9(10,11)12/h6,13H,2-5H2,1H3,(H,14,15). The Morgan fingerprint density at radius 1 is 1.53 bits per heavy atom. The number of nitrogens with one attached hydrogen (secondary N) is 1. The van der Waals surface area contributed by atoms with E-state index < -0.39 is 23.7 Å². The molecule has 0 spiro atoms. The van der Waals surface area contributed by atoms with Crippen LogP contribution in [0, 0.1) is 0 Å². The summed E-state index contributed by atoms with van der Waals surface area (Å²) in [5.74, 6) is -1.22. The maximum Gasteiger partial charge on any atom is 0.406 e. The van der Waals surface area contributed by atoms with Gasteiger partial charge in [0.2, 0.25) is 0 Å². The second kappa shape index (κ2) is 4.00. The van der Waals surface area contributed by atoms with Gasteiger partial charge in [0.25, 0.3) is 0 Å². The van der Waals surface area contributed by atoms with Gasteiger partial charge in [-0.2, -0.15) is 13.2 Å². The summed E-state index contributed by atoms with van der Waals surface area (Å²) in [5, 5.41) is 11.0. The predicted octanol–water partition coefficient (Wildman–Crippen LogP) is 1.92. The molecule has 1 atom stereocenters. The third-order valence-corrected chi connectivity index (χ3v) is 2.62. The third-order valence-electron chi connectivity index (χ3n) is 2.62. The van der Waals surface area contributed by atoms with Crippen molar-refractivity contribution >= 4 is 5.97 Å². The average molecular weight is 225 g/mol. The number of alkyl halides is 3. The number of carboxylic acids is 1. The predicted molar refractivity (Wildman–Crippen MR) is 47.5 cm³/mol. The van der Waals surface area contributed by atoms with Crippen molar-refractivity contribution in [1.82, 2.24) is 5.32 Å². The molecule has 0 saturated heterocycles. The fourth-order valence-electron chi connectivity index (χ4n) is 1.51. The van der Waals surface area contributed by atoms with Crippen molar-refractivity contribution in [2.45, 2.75) is 50.4 Å². The first-order chi connectivity index (χ1) is 6.82. The number of halogens is 3. The van der Waals surface area contributed by atoms with Gasteiger partial charge in [-0.1, -0.05) is 13.3 Å². The number of carbonyl (C=O) groups is 1. The second-order valence-corrected chi connectivity index (χ2v) is 3.90. The van der Waals surface area contributed by atoms with E-state index in [4.69, 9.17) is 5.11 Å². The van der Waals surface area contributed by atoms with Crippen molar-refractivity contribution < 1.29 is 23.1 Å². The lowest BCUT2D eigenvalue weighted by molar-refractivity contribution is -0.170. The van der Waals surface area contributed by atoms with Gasteiger partial charge in [0.05, 0.1) is 0 Å². The number of hydrogen-bond donors (Lipinski definition) is 2. The Hall–Kier alpha value is -0.780. The first-order valence-corrected chi connectivity index (χ1v) is 4.89. The van der Waals surface area contributed by atoms with Gasteiger partial charge in [0, 0.05) is 0 Å². The number of aliphatic carboxylic acids is 1. The van der Waals surface area contributed by atoms with Gasteiger partial charge in [0.15, 0.2) is 0 Å². The topological polar surface area (TPSA) is 49.3 Å². The average Bonchev–Trinajstić information content (AvgIpc) is 2.83. The highest BCUT2D eigenvalue weighted by Gasteiger charge is 2.64. The minimum atomic E-state index is -4.35. The molecule has 1 aliphatic rings. The van der Waals surface area contributed by atoms with Crippen LogP contribution in [0.3, 0.4) is 0 Å². The Kier molecular flexibility index (Phi) is 3.28. The molecule has 0 aromatic rings.